The van der Waals surface area contributed by atoms with Crippen molar-refractivity contribution >= 4 is 21.7 Å². The van der Waals surface area contributed by atoms with E-state index in [2.05, 4.69) is 0 Å². The van der Waals surface area contributed by atoms with E-state index in [1.165, 1.54) is 0 Å². The number of carboxylic acid groups (broad SMARTS) is 1. The number of hydrogen-bond donors (Lipinski definition) is 2. The molecule has 1 rings (SSSR count). The Labute approximate surface area is 106 Å². The van der Waals surface area contributed by atoms with Gasteiger partial charge in [-0.05, 0) is 12.8 Å². The maximum absolute atomic E-state index is 12.0. The smallest absolute Gasteiger partial charge is 0.323 e. The largest absolute Gasteiger partial charge is 0.480 e. The van der Waals surface area contributed by atoms with E-state index in [0.717, 1.165) is 4.90 Å². The van der Waals surface area contributed by atoms with Gasteiger partial charge in [0.2, 0.25) is 5.91 Å². The van der Waals surface area contributed by atoms with Gasteiger partial charge in [-0.25, -0.2) is 8.42 Å². The molecule has 3 N–H and O–H groups in total. The molecule has 1 aliphatic heterocycles. The maximum Gasteiger partial charge on any atom is 0.323 e. The molecule has 2 atom stereocenters. The monoisotopic (exact) mass is 278 g/mol. The van der Waals surface area contributed by atoms with Crippen LogP contribution in [-0.2, 0) is 19.4 Å². The normalized spacial score (nSPS) is 23.6. The molecule has 7 nitrogen and oxygen atoms in total. The zero-order valence-electron chi connectivity index (χ0n) is 10.2. The van der Waals surface area contributed by atoms with Crippen molar-refractivity contribution in [3.8, 4) is 0 Å². The second kappa shape index (κ2) is 5.66. The third-order valence-electron chi connectivity index (χ3n) is 2.99. The highest BCUT2D eigenvalue weighted by Gasteiger charge is 2.36. The lowest BCUT2D eigenvalue weighted by atomic mass is 10.1. The predicted molar refractivity (Wildman–Crippen MR) is 64.7 cm³/mol. The van der Waals surface area contributed by atoms with Crippen LogP contribution in [0, 0.1) is 0 Å². The summed E-state index contributed by atoms with van der Waals surface area (Å²) in [4.78, 5) is 23.8. The van der Waals surface area contributed by atoms with Gasteiger partial charge >= 0.3 is 5.97 Å². The molecule has 0 aromatic carbocycles. The maximum atomic E-state index is 12.0. The topological polar surface area (TPSA) is 118 Å². The van der Waals surface area contributed by atoms with Crippen LogP contribution < -0.4 is 5.73 Å². The summed E-state index contributed by atoms with van der Waals surface area (Å²) in [6, 6.07) is -1.36. The minimum absolute atomic E-state index is 0.0115. The van der Waals surface area contributed by atoms with E-state index in [1.807, 2.05) is 0 Å². The second-order valence-corrected chi connectivity index (χ2v) is 6.66. The summed E-state index contributed by atoms with van der Waals surface area (Å²) in [5.74, 6) is -1.86. The van der Waals surface area contributed by atoms with E-state index in [4.69, 9.17) is 10.8 Å². The van der Waals surface area contributed by atoms with Gasteiger partial charge in [-0.15, -0.1) is 0 Å². The summed E-state index contributed by atoms with van der Waals surface area (Å²) in [6.07, 6.45) is 0.659. The lowest BCUT2D eigenvalue weighted by Crippen LogP contribution is -2.50. The van der Waals surface area contributed by atoms with Gasteiger partial charge in [-0.2, -0.15) is 0 Å². The molecule has 2 unspecified atom stereocenters. The standard InChI is InChI=1S/C10H18N2O5S/c1-2-8(11)10(15)12(5-9(13)14)7-3-4-18(16,17)6-7/h7-8H,2-6,11H2,1H3,(H,13,14). The van der Waals surface area contributed by atoms with E-state index in [-0.39, 0.29) is 17.9 Å². The molecule has 0 aromatic heterocycles. The van der Waals surface area contributed by atoms with Gasteiger partial charge in [0, 0.05) is 6.04 Å². The molecule has 1 saturated heterocycles. The van der Waals surface area contributed by atoms with E-state index >= 15 is 0 Å². The molecule has 0 saturated carbocycles. The molecule has 0 spiro atoms. The Balaban J connectivity index is 2.85. The van der Waals surface area contributed by atoms with Crippen LogP contribution in [0.1, 0.15) is 19.8 Å². The first-order chi connectivity index (χ1) is 8.26. The highest BCUT2D eigenvalue weighted by molar-refractivity contribution is 7.91. The third kappa shape index (κ3) is 3.67. The predicted octanol–water partition coefficient (Wildman–Crippen LogP) is -1.18. The first-order valence-corrected chi connectivity index (χ1v) is 7.57. The first kappa shape index (κ1) is 14.9. The molecule has 1 amide bonds. The van der Waals surface area contributed by atoms with Gasteiger partial charge in [0.05, 0.1) is 17.5 Å². The molecule has 0 bridgehead atoms. The summed E-state index contributed by atoms with van der Waals surface area (Å²) in [7, 11) is -3.17. The molecule has 0 aromatic rings. The number of carboxylic acids is 1. The van der Waals surface area contributed by atoms with Crippen molar-refractivity contribution in [1.29, 1.82) is 0 Å². The Morgan fingerprint density at radius 1 is 1.50 bits per heavy atom. The van der Waals surface area contributed by atoms with Gasteiger partial charge in [0.25, 0.3) is 0 Å². The van der Waals surface area contributed by atoms with Crippen molar-refractivity contribution in [1.82, 2.24) is 4.90 Å². The van der Waals surface area contributed by atoms with Crippen molar-refractivity contribution < 1.29 is 23.1 Å². The number of nitrogens with two attached hydrogens (primary N) is 1. The number of rotatable bonds is 5. The highest BCUT2D eigenvalue weighted by atomic mass is 32.2. The van der Waals surface area contributed by atoms with Crippen LogP contribution in [0.4, 0.5) is 0 Å². The van der Waals surface area contributed by atoms with Crippen LogP contribution in [0.2, 0.25) is 0 Å². The van der Waals surface area contributed by atoms with Crippen LogP contribution in [0.25, 0.3) is 0 Å². The van der Waals surface area contributed by atoms with Crippen molar-refractivity contribution in [2.24, 2.45) is 5.73 Å². The number of sulfone groups is 1. The second-order valence-electron chi connectivity index (χ2n) is 4.43. The fraction of sp³-hybridized carbons (Fsp3) is 0.800. The SMILES string of the molecule is CCC(N)C(=O)N(CC(=O)O)C1CCS(=O)(=O)C1. The van der Waals surface area contributed by atoms with Crippen molar-refractivity contribution in [2.45, 2.75) is 31.8 Å². The third-order valence-corrected chi connectivity index (χ3v) is 4.75. The Morgan fingerprint density at radius 2 is 2.11 bits per heavy atom. The van der Waals surface area contributed by atoms with Gasteiger partial charge in [-0.3, -0.25) is 9.59 Å². The average molecular weight is 278 g/mol. The summed E-state index contributed by atoms with van der Waals surface area (Å²) in [5, 5.41) is 8.79. The average Bonchev–Trinajstić information content (AvgIpc) is 2.64. The molecule has 1 aliphatic rings. The van der Waals surface area contributed by atoms with Crippen LogP contribution in [-0.4, -0.2) is 60.4 Å². The fourth-order valence-electron chi connectivity index (χ4n) is 1.94. The minimum atomic E-state index is -3.17. The van der Waals surface area contributed by atoms with Gasteiger partial charge < -0.3 is 15.7 Å². The Kier molecular flexibility index (Phi) is 4.69. The zero-order chi connectivity index (χ0) is 13.9. The number of carbonyl (C=O) groups excluding carboxylic acids is 1. The first-order valence-electron chi connectivity index (χ1n) is 5.75. The number of carbonyl (C=O) groups is 2. The van der Waals surface area contributed by atoms with E-state index in [1.54, 1.807) is 6.92 Å². The molecular formula is C10H18N2O5S. The molecule has 18 heavy (non-hydrogen) atoms. The molecular weight excluding hydrogens is 260 g/mol. The molecule has 1 fully saturated rings. The van der Waals surface area contributed by atoms with Crippen molar-refractivity contribution in [3.63, 3.8) is 0 Å². The van der Waals surface area contributed by atoms with Gasteiger partial charge in [-0.1, -0.05) is 6.92 Å². The van der Waals surface area contributed by atoms with Crippen LogP contribution in [0.3, 0.4) is 0 Å². The zero-order valence-corrected chi connectivity index (χ0v) is 11.0. The Bertz CT molecular complexity index is 434. The van der Waals surface area contributed by atoms with E-state index in [0.29, 0.717) is 6.42 Å². The molecule has 0 radical (unpaired) electrons. The summed E-state index contributed by atoms with van der Waals surface area (Å²) < 4.78 is 22.8. The van der Waals surface area contributed by atoms with Gasteiger partial charge in [0.1, 0.15) is 6.54 Å². The summed E-state index contributed by atoms with van der Waals surface area (Å²) in [6.45, 7) is 1.21. The van der Waals surface area contributed by atoms with Gasteiger partial charge in [0.15, 0.2) is 9.84 Å². The number of hydrogen-bond acceptors (Lipinski definition) is 5. The molecule has 8 heteroatoms. The summed E-state index contributed by atoms with van der Waals surface area (Å²) in [5.41, 5.74) is 5.59. The minimum Gasteiger partial charge on any atom is -0.480 e. The van der Waals surface area contributed by atoms with Crippen LogP contribution >= 0.6 is 0 Å². The highest BCUT2D eigenvalue weighted by Crippen LogP contribution is 2.18. The fourth-order valence-corrected chi connectivity index (χ4v) is 3.67. The molecule has 1 heterocycles. The molecule has 0 aliphatic carbocycles. The molecule has 104 valence electrons. The van der Waals surface area contributed by atoms with Crippen LogP contribution in [0.15, 0.2) is 0 Å². The lowest BCUT2D eigenvalue weighted by Gasteiger charge is -2.28. The Morgan fingerprint density at radius 3 is 2.50 bits per heavy atom. The van der Waals surface area contributed by atoms with Crippen molar-refractivity contribution in [2.75, 3.05) is 18.1 Å². The van der Waals surface area contributed by atoms with E-state index < -0.39 is 40.3 Å². The quantitative estimate of drug-likeness (QED) is 0.654. The number of nitrogens with zero attached hydrogens (tertiary/aromatic N) is 1. The van der Waals surface area contributed by atoms with E-state index in [9.17, 15) is 18.0 Å². The number of amides is 1. The Hall–Kier alpha value is -1.15. The summed E-state index contributed by atoms with van der Waals surface area (Å²) >= 11 is 0. The van der Waals surface area contributed by atoms with Crippen LogP contribution in [0.5, 0.6) is 0 Å². The lowest BCUT2D eigenvalue weighted by molar-refractivity contribution is -0.146. The van der Waals surface area contributed by atoms with Crippen molar-refractivity contribution in [3.05, 3.63) is 0 Å². The number of aliphatic carboxylic acids is 1.